The SMILES string of the molecule is COc1ccc(CC(=O)c2ccc(N3CC[N+]([O-])(CC4CCN(CC5=CC(C)[C@H](OCCCN(C)C)C=C5)CC4)CC3)cc2)cc1. The molecule has 0 saturated carbocycles. The van der Waals surface area contributed by atoms with Gasteiger partial charge in [-0.3, -0.25) is 9.69 Å². The number of ketones is 1. The van der Waals surface area contributed by atoms with Gasteiger partial charge >= 0.3 is 0 Å². The van der Waals surface area contributed by atoms with Crippen LogP contribution in [-0.2, 0) is 11.2 Å². The summed E-state index contributed by atoms with van der Waals surface area (Å²) in [5, 5.41) is 13.7. The number of ether oxygens (including phenoxy) is 2. The van der Waals surface area contributed by atoms with Gasteiger partial charge in [-0.15, -0.1) is 0 Å². The highest BCUT2D eigenvalue weighted by atomic mass is 16.5. The summed E-state index contributed by atoms with van der Waals surface area (Å²) in [7, 11) is 5.84. The summed E-state index contributed by atoms with van der Waals surface area (Å²) in [4.78, 5) is 19.9. The van der Waals surface area contributed by atoms with Crippen LogP contribution in [0, 0.1) is 17.0 Å². The summed E-state index contributed by atoms with van der Waals surface area (Å²) in [6.45, 7) is 10.7. The molecule has 1 unspecified atom stereocenters. The first-order valence-corrected chi connectivity index (χ1v) is 17.2. The van der Waals surface area contributed by atoms with Gasteiger partial charge in [0.05, 0.1) is 45.9 Å². The van der Waals surface area contributed by atoms with E-state index in [2.05, 4.69) is 53.9 Å². The van der Waals surface area contributed by atoms with Crippen molar-refractivity contribution in [1.82, 2.24) is 9.80 Å². The zero-order valence-electron chi connectivity index (χ0n) is 28.4. The quantitative estimate of drug-likeness (QED) is 0.119. The van der Waals surface area contributed by atoms with E-state index in [1.54, 1.807) is 7.11 Å². The zero-order chi connectivity index (χ0) is 32.5. The van der Waals surface area contributed by atoms with Crippen LogP contribution in [0.4, 0.5) is 5.69 Å². The van der Waals surface area contributed by atoms with Crippen LogP contribution in [0.25, 0.3) is 0 Å². The third-order valence-electron chi connectivity index (χ3n) is 9.89. The fraction of sp³-hybridized carbons (Fsp3) is 0.553. The van der Waals surface area contributed by atoms with Crippen molar-refractivity contribution < 1.29 is 18.9 Å². The van der Waals surface area contributed by atoms with Crippen molar-refractivity contribution in [2.24, 2.45) is 11.8 Å². The van der Waals surface area contributed by atoms with Gasteiger partial charge in [0.1, 0.15) is 5.75 Å². The minimum atomic E-state index is -0.0824. The number of hydroxylamine groups is 3. The second-order valence-electron chi connectivity index (χ2n) is 13.8. The topological polar surface area (TPSA) is 68.3 Å². The number of carbonyl (C=O) groups is 1. The first-order chi connectivity index (χ1) is 22.2. The number of piperidine rings is 1. The third-order valence-corrected chi connectivity index (χ3v) is 9.89. The fourth-order valence-electron chi connectivity index (χ4n) is 7.01. The van der Waals surface area contributed by atoms with Crippen molar-refractivity contribution in [3.05, 3.63) is 88.7 Å². The molecule has 8 heteroatoms. The monoisotopic (exact) mass is 630 g/mol. The van der Waals surface area contributed by atoms with Crippen LogP contribution < -0.4 is 9.64 Å². The molecule has 1 aliphatic carbocycles. The largest absolute Gasteiger partial charge is 0.633 e. The van der Waals surface area contributed by atoms with Gasteiger partial charge in [-0.1, -0.05) is 37.3 Å². The van der Waals surface area contributed by atoms with Crippen molar-refractivity contribution >= 4 is 11.5 Å². The van der Waals surface area contributed by atoms with Gasteiger partial charge < -0.3 is 29.1 Å². The Kier molecular flexibility index (Phi) is 12.1. The second-order valence-corrected chi connectivity index (χ2v) is 13.8. The van der Waals surface area contributed by atoms with E-state index in [-0.39, 0.29) is 16.5 Å². The van der Waals surface area contributed by atoms with E-state index in [1.165, 1.54) is 5.57 Å². The van der Waals surface area contributed by atoms with E-state index >= 15 is 0 Å². The molecule has 0 spiro atoms. The Labute approximate surface area is 276 Å². The molecule has 0 radical (unpaired) electrons. The molecule has 0 bridgehead atoms. The van der Waals surface area contributed by atoms with Crippen LogP contribution in [0.5, 0.6) is 5.75 Å². The predicted octanol–water partition coefficient (Wildman–Crippen LogP) is 5.44. The van der Waals surface area contributed by atoms with Crippen molar-refractivity contribution in [3.63, 3.8) is 0 Å². The lowest BCUT2D eigenvalue weighted by molar-refractivity contribution is -0.884. The number of rotatable bonds is 14. The van der Waals surface area contributed by atoms with Gasteiger partial charge in [-0.2, -0.15) is 0 Å². The average molecular weight is 631 g/mol. The number of hydrogen-bond donors (Lipinski definition) is 0. The maximum Gasteiger partial charge on any atom is 0.167 e. The molecule has 2 saturated heterocycles. The number of likely N-dealkylation sites (tertiary alicyclic amines) is 1. The predicted molar refractivity (Wildman–Crippen MR) is 186 cm³/mol. The molecule has 250 valence electrons. The number of methoxy groups -OCH3 is 1. The van der Waals surface area contributed by atoms with Crippen LogP contribution >= 0.6 is 0 Å². The molecule has 8 nitrogen and oxygen atoms in total. The summed E-state index contributed by atoms with van der Waals surface area (Å²) in [6, 6.07) is 15.5. The maximum absolute atomic E-state index is 13.7. The molecule has 46 heavy (non-hydrogen) atoms. The summed E-state index contributed by atoms with van der Waals surface area (Å²) < 4.78 is 11.3. The Morgan fingerprint density at radius 1 is 1.00 bits per heavy atom. The number of quaternary nitrogens is 1. The Morgan fingerprint density at radius 3 is 2.33 bits per heavy atom. The van der Waals surface area contributed by atoms with Gasteiger partial charge in [0.2, 0.25) is 0 Å². The molecule has 0 aromatic heterocycles. The molecule has 3 aliphatic rings. The first-order valence-electron chi connectivity index (χ1n) is 17.2. The lowest BCUT2D eigenvalue weighted by atomic mass is 9.92. The molecular formula is C38H54N4O4. The van der Waals surface area contributed by atoms with Gasteiger partial charge in [-0.25, -0.2) is 0 Å². The summed E-state index contributed by atoms with van der Waals surface area (Å²) in [5.74, 6) is 1.77. The highest BCUT2D eigenvalue weighted by Crippen LogP contribution is 2.27. The van der Waals surface area contributed by atoms with E-state index in [1.807, 2.05) is 48.5 Å². The first kappa shape index (κ1) is 34.3. The molecule has 5 rings (SSSR count). The van der Waals surface area contributed by atoms with E-state index in [4.69, 9.17) is 9.47 Å². The maximum atomic E-state index is 13.7. The van der Waals surface area contributed by atoms with Crippen LogP contribution in [0.1, 0.15) is 42.1 Å². The average Bonchev–Trinajstić information content (AvgIpc) is 3.05. The Hall–Kier alpha value is -3.01. The summed E-state index contributed by atoms with van der Waals surface area (Å²) in [6.07, 6.45) is 10.7. The van der Waals surface area contributed by atoms with Crippen LogP contribution in [0.15, 0.2) is 72.3 Å². The molecule has 2 aromatic carbocycles. The number of carbonyl (C=O) groups excluding carboxylic acids is 1. The molecule has 0 amide bonds. The lowest BCUT2D eigenvalue weighted by Gasteiger charge is -2.51. The minimum absolute atomic E-state index is 0.0824. The minimum Gasteiger partial charge on any atom is -0.633 e. The zero-order valence-corrected chi connectivity index (χ0v) is 28.4. The molecular weight excluding hydrogens is 576 g/mol. The number of hydrogen-bond acceptors (Lipinski definition) is 7. The number of piperazine rings is 1. The highest BCUT2D eigenvalue weighted by Gasteiger charge is 2.31. The Bertz CT molecular complexity index is 1310. The van der Waals surface area contributed by atoms with Crippen molar-refractivity contribution in [3.8, 4) is 5.75 Å². The van der Waals surface area contributed by atoms with Crippen LogP contribution in [0.3, 0.4) is 0 Å². The molecule has 2 aromatic rings. The third kappa shape index (κ3) is 9.75. The Balaban J connectivity index is 1.01. The van der Waals surface area contributed by atoms with E-state index in [0.29, 0.717) is 36.9 Å². The number of nitrogens with zero attached hydrogens (tertiary/aromatic N) is 4. The normalized spacial score (nSPS) is 22.2. The Morgan fingerprint density at radius 2 is 1.70 bits per heavy atom. The molecule has 2 heterocycles. The molecule has 2 fully saturated rings. The lowest BCUT2D eigenvalue weighted by Crippen LogP contribution is -2.58. The van der Waals surface area contributed by atoms with Gasteiger partial charge in [0.15, 0.2) is 5.78 Å². The highest BCUT2D eigenvalue weighted by molar-refractivity contribution is 5.97. The molecule has 2 aliphatic heterocycles. The van der Waals surface area contributed by atoms with Crippen molar-refractivity contribution in [2.75, 3.05) is 91.6 Å². The van der Waals surface area contributed by atoms with E-state index < -0.39 is 0 Å². The number of benzene rings is 2. The number of anilines is 1. The van der Waals surface area contributed by atoms with Crippen molar-refractivity contribution in [2.45, 2.75) is 38.7 Å². The van der Waals surface area contributed by atoms with E-state index in [9.17, 15) is 10.0 Å². The van der Waals surface area contributed by atoms with E-state index in [0.717, 1.165) is 88.7 Å². The summed E-state index contributed by atoms with van der Waals surface area (Å²) >= 11 is 0. The van der Waals surface area contributed by atoms with Crippen LogP contribution in [-0.4, -0.2) is 113 Å². The standard InChI is InChI=1S/C38H54N4O4/c1-30-26-33(8-15-38(30)46-25-5-18-39(2)3)28-40-19-16-32(17-20-40)29-42(44)23-21-41(22-24-42)35-11-9-34(10-12-35)37(43)27-31-6-13-36(45-4)14-7-31/h6-15,26,30,32,38H,5,16-25,27-29H2,1-4H3/t30?,38-/m1/s1. The molecule has 0 N–H and O–H groups in total. The summed E-state index contributed by atoms with van der Waals surface area (Å²) in [5.41, 5.74) is 4.16. The fourth-order valence-corrected chi connectivity index (χ4v) is 7.01. The smallest absolute Gasteiger partial charge is 0.167 e. The van der Waals surface area contributed by atoms with Crippen LogP contribution in [0.2, 0.25) is 0 Å². The van der Waals surface area contributed by atoms with Gasteiger partial charge in [-0.05, 0) is 101 Å². The van der Waals surface area contributed by atoms with Gasteiger partial charge in [0.25, 0.3) is 0 Å². The second kappa shape index (κ2) is 16.2. The number of Topliss-reactive ketones (excluding diaryl/α,β-unsaturated/α-hetero) is 1. The van der Waals surface area contributed by atoms with Gasteiger partial charge in [0, 0.05) is 42.7 Å². The molecule has 2 atom stereocenters. The van der Waals surface area contributed by atoms with Crippen molar-refractivity contribution in [1.29, 1.82) is 0 Å².